The fourth-order valence-corrected chi connectivity index (χ4v) is 3.72. The molecule has 0 aliphatic carbocycles. The number of nitrogens with one attached hydrogen (secondary N) is 1. The van der Waals surface area contributed by atoms with Crippen LogP contribution in [-0.4, -0.2) is 50.8 Å². The van der Waals surface area contributed by atoms with Crippen LogP contribution in [0.25, 0.3) is 5.82 Å². The van der Waals surface area contributed by atoms with Crippen molar-refractivity contribution in [2.24, 2.45) is 5.92 Å². The Morgan fingerprint density at radius 2 is 2.00 bits per heavy atom. The topological polar surface area (TPSA) is 107 Å². The molecule has 1 unspecified atom stereocenters. The number of amides is 1. The second-order valence-corrected chi connectivity index (χ2v) is 7.28. The lowest BCUT2D eigenvalue weighted by atomic mass is 9.97. The van der Waals surface area contributed by atoms with E-state index in [9.17, 15) is 4.79 Å². The molecular weight excluding hydrogens is 386 g/mol. The van der Waals surface area contributed by atoms with Crippen molar-refractivity contribution in [2.45, 2.75) is 19.4 Å². The van der Waals surface area contributed by atoms with E-state index < -0.39 is 0 Å². The van der Waals surface area contributed by atoms with E-state index in [1.165, 1.54) is 6.33 Å². The molecular formula is C20H21N7O3. The zero-order valence-electron chi connectivity index (χ0n) is 16.3. The Kier molecular flexibility index (Phi) is 4.88. The number of aromatic nitrogens is 5. The molecule has 30 heavy (non-hydrogen) atoms. The van der Waals surface area contributed by atoms with Gasteiger partial charge in [-0.25, -0.2) is 9.67 Å². The predicted molar refractivity (Wildman–Crippen MR) is 106 cm³/mol. The van der Waals surface area contributed by atoms with Crippen LogP contribution in [0.5, 0.6) is 11.5 Å². The number of nitrogens with zero attached hydrogens (tertiary/aromatic N) is 6. The van der Waals surface area contributed by atoms with E-state index in [4.69, 9.17) is 9.47 Å². The highest BCUT2D eigenvalue weighted by Crippen LogP contribution is 2.32. The molecule has 10 heteroatoms. The minimum absolute atomic E-state index is 0.0459. The van der Waals surface area contributed by atoms with Gasteiger partial charge in [0.25, 0.3) is 0 Å². The summed E-state index contributed by atoms with van der Waals surface area (Å²) >= 11 is 0. The third-order valence-corrected chi connectivity index (χ3v) is 5.31. The summed E-state index contributed by atoms with van der Waals surface area (Å²) in [5.41, 5.74) is 0.981. The second-order valence-electron chi connectivity index (χ2n) is 7.28. The number of anilines is 1. The van der Waals surface area contributed by atoms with Crippen LogP contribution in [0, 0.1) is 5.92 Å². The van der Waals surface area contributed by atoms with Gasteiger partial charge in [-0.2, -0.15) is 5.10 Å². The Balaban J connectivity index is 1.19. The zero-order chi connectivity index (χ0) is 20.3. The average molecular weight is 407 g/mol. The molecule has 154 valence electrons. The van der Waals surface area contributed by atoms with Crippen molar-refractivity contribution in [2.75, 3.05) is 24.8 Å². The first-order valence-electron chi connectivity index (χ1n) is 9.86. The molecule has 1 atom stereocenters. The maximum atomic E-state index is 12.7. The second kappa shape index (κ2) is 7.97. The van der Waals surface area contributed by atoms with Gasteiger partial charge in [-0.05, 0) is 42.7 Å². The molecule has 10 nitrogen and oxygen atoms in total. The lowest BCUT2D eigenvalue weighted by Gasteiger charge is -2.32. The molecule has 0 saturated carbocycles. The van der Waals surface area contributed by atoms with Crippen molar-refractivity contribution in [1.29, 1.82) is 0 Å². The minimum Gasteiger partial charge on any atom is -0.454 e. The number of carbonyl (C=O) groups excluding carboxylic acids is 1. The first-order valence-corrected chi connectivity index (χ1v) is 9.86. The van der Waals surface area contributed by atoms with Crippen LogP contribution in [-0.2, 0) is 11.3 Å². The van der Waals surface area contributed by atoms with E-state index in [1.54, 1.807) is 11.0 Å². The van der Waals surface area contributed by atoms with Crippen molar-refractivity contribution in [3.05, 3.63) is 48.5 Å². The van der Waals surface area contributed by atoms with Gasteiger partial charge in [-0.15, -0.1) is 10.2 Å². The molecule has 1 saturated heterocycles. The van der Waals surface area contributed by atoms with Gasteiger partial charge in [-0.1, -0.05) is 6.07 Å². The van der Waals surface area contributed by atoms with Crippen molar-refractivity contribution >= 4 is 11.7 Å². The molecule has 0 spiro atoms. The van der Waals surface area contributed by atoms with Crippen molar-refractivity contribution in [3.63, 3.8) is 0 Å². The predicted octanol–water partition coefficient (Wildman–Crippen LogP) is 1.32. The fourth-order valence-electron chi connectivity index (χ4n) is 3.72. The van der Waals surface area contributed by atoms with Gasteiger partial charge in [0.05, 0.1) is 5.92 Å². The van der Waals surface area contributed by atoms with Crippen LogP contribution in [0.3, 0.4) is 0 Å². The minimum atomic E-state index is -0.0930. The number of carbonyl (C=O) groups is 1. The average Bonchev–Trinajstić information content (AvgIpc) is 3.49. The van der Waals surface area contributed by atoms with E-state index in [1.807, 2.05) is 30.3 Å². The Hall–Kier alpha value is -3.69. The molecule has 0 radical (unpaired) electrons. The summed E-state index contributed by atoms with van der Waals surface area (Å²) in [6.07, 6.45) is 4.81. The molecule has 3 aromatic rings. The molecule has 0 bridgehead atoms. The van der Waals surface area contributed by atoms with Gasteiger partial charge in [0, 0.05) is 19.6 Å². The third-order valence-electron chi connectivity index (χ3n) is 5.31. The molecule has 1 aromatic carbocycles. The highest BCUT2D eigenvalue weighted by molar-refractivity contribution is 5.79. The van der Waals surface area contributed by atoms with E-state index in [0.717, 1.165) is 42.3 Å². The summed E-state index contributed by atoms with van der Waals surface area (Å²) in [6, 6.07) is 9.46. The third kappa shape index (κ3) is 3.76. The number of piperidine rings is 1. The zero-order valence-corrected chi connectivity index (χ0v) is 16.3. The van der Waals surface area contributed by atoms with Crippen molar-refractivity contribution in [1.82, 2.24) is 30.3 Å². The lowest BCUT2D eigenvalue weighted by molar-refractivity contribution is -0.125. The van der Waals surface area contributed by atoms with Gasteiger partial charge in [0.2, 0.25) is 12.7 Å². The molecule has 1 N–H and O–H groups in total. The number of hydrogen-bond acceptors (Lipinski definition) is 8. The van der Waals surface area contributed by atoms with Crippen LogP contribution in [0.4, 0.5) is 5.82 Å². The quantitative estimate of drug-likeness (QED) is 0.675. The van der Waals surface area contributed by atoms with Gasteiger partial charge >= 0.3 is 0 Å². The van der Waals surface area contributed by atoms with Gasteiger partial charge in [0.15, 0.2) is 23.1 Å². The Labute approximate surface area is 172 Å². The normalized spacial score (nSPS) is 17.7. The SMILES string of the molecule is O=C(NCc1ccc2c(c1)OCO2)C1CCCN(c2ccc(-n3cncn3)nn2)C1. The number of hydrogen-bond donors (Lipinski definition) is 1. The standard InChI is InChI=1S/C20H21N7O3/c28-20(22-9-14-3-4-16-17(8-14)30-13-29-16)15-2-1-7-26(10-15)18-5-6-19(25-24-18)27-12-21-11-23-27/h3-6,8,11-12,15H,1-2,7,9-10,13H2,(H,22,28). The molecule has 5 rings (SSSR count). The highest BCUT2D eigenvalue weighted by atomic mass is 16.7. The smallest absolute Gasteiger partial charge is 0.231 e. The Morgan fingerprint density at radius 3 is 2.83 bits per heavy atom. The maximum absolute atomic E-state index is 12.7. The highest BCUT2D eigenvalue weighted by Gasteiger charge is 2.26. The fraction of sp³-hybridized carbons (Fsp3) is 0.350. The summed E-state index contributed by atoms with van der Waals surface area (Å²) in [5, 5.41) is 15.6. The number of ether oxygens (including phenoxy) is 2. The van der Waals surface area contributed by atoms with Crippen LogP contribution < -0.4 is 19.7 Å². The summed E-state index contributed by atoms with van der Waals surface area (Å²) < 4.78 is 12.3. The summed E-state index contributed by atoms with van der Waals surface area (Å²) in [6.45, 7) is 2.16. The summed E-state index contributed by atoms with van der Waals surface area (Å²) in [7, 11) is 0. The van der Waals surface area contributed by atoms with Crippen LogP contribution in [0.2, 0.25) is 0 Å². The van der Waals surface area contributed by atoms with Crippen molar-refractivity contribution in [3.8, 4) is 17.3 Å². The largest absolute Gasteiger partial charge is 0.454 e. The summed E-state index contributed by atoms with van der Waals surface area (Å²) in [5.74, 6) is 2.77. The first kappa shape index (κ1) is 18.3. The molecule has 4 heterocycles. The molecule has 1 fully saturated rings. The maximum Gasteiger partial charge on any atom is 0.231 e. The van der Waals surface area contributed by atoms with E-state index in [-0.39, 0.29) is 18.6 Å². The van der Waals surface area contributed by atoms with E-state index in [2.05, 4.69) is 30.5 Å². The van der Waals surface area contributed by atoms with Crippen LogP contribution in [0.1, 0.15) is 18.4 Å². The first-order chi connectivity index (χ1) is 14.8. The molecule has 2 aliphatic rings. The van der Waals surface area contributed by atoms with Crippen LogP contribution >= 0.6 is 0 Å². The van der Waals surface area contributed by atoms with E-state index >= 15 is 0 Å². The number of fused-ring (bicyclic) bond motifs is 1. The van der Waals surface area contributed by atoms with Gasteiger partial charge < -0.3 is 19.7 Å². The Bertz CT molecular complexity index is 1020. The van der Waals surface area contributed by atoms with E-state index in [0.29, 0.717) is 18.9 Å². The lowest BCUT2D eigenvalue weighted by Crippen LogP contribution is -2.43. The van der Waals surface area contributed by atoms with Crippen LogP contribution in [0.15, 0.2) is 43.0 Å². The summed E-state index contributed by atoms with van der Waals surface area (Å²) in [4.78, 5) is 18.8. The molecule has 1 amide bonds. The number of rotatable bonds is 5. The monoisotopic (exact) mass is 407 g/mol. The van der Waals surface area contributed by atoms with Gasteiger partial charge in [0.1, 0.15) is 12.7 Å². The number of benzene rings is 1. The molecule has 2 aliphatic heterocycles. The van der Waals surface area contributed by atoms with Crippen molar-refractivity contribution < 1.29 is 14.3 Å². The Morgan fingerprint density at radius 1 is 1.13 bits per heavy atom. The van der Waals surface area contributed by atoms with Gasteiger partial charge in [-0.3, -0.25) is 4.79 Å². The molecule has 2 aromatic heterocycles.